The Kier molecular flexibility index (Phi) is 4.52. The Hall–Kier alpha value is -1.30. The summed E-state index contributed by atoms with van der Waals surface area (Å²) in [6.07, 6.45) is -3.05. The number of halogens is 3. The molecule has 0 aliphatic carbocycles. The monoisotopic (exact) mass is 287 g/mol. The Morgan fingerprint density at radius 1 is 1.15 bits per heavy atom. The molecule has 1 aliphatic heterocycles. The fraction of sp³-hybridized carbons (Fsp3) is 0.643. The molecule has 0 radical (unpaired) electrons. The highest BCUT2D eigenvalue weighted by Crippen LogP contribution is 2.28. The summed E-state index contributed by atoms with van der Waals surface area (Å²) in [5.74, 6) is 0.898. The van der Waals surface area contributed by atoms with Crippen molar-refractivity contribution in [1.82, 2.24) is 10.3 Å². The molecule has 1 aromatic heterocycles. The molecule has 112 valence electrons. The number of anilines is 1. The summed E-state index contributed by atoms with van der Waals surface area (Å²) >= 11 is 0. The maximum Gasteiger partial charge on any atom is 0.433 e. The van der Waals surface area contributed by atoms with Crippen LogP contribution < -0.4 is 10.2 Å². The number of rotatable bonds is 1. The Morgan fingerprint density at radius 3 is 2.20 bits per heavy atom. The molecular weight excluding hydrogens is 267 g/mol. The number of nitrogens with one attached hydrogen (secondary N) is 1. The van der Waals surface area contributed by atoms with Gasteiger partial charge in [-0.1, -0.05) is 13.8 Å². The minimum Gasteiger partial charge on any atom is -0.370 e. The number of hydrogen-bond acceptors (Lipinski definition) is 3. The summed E-state index contributed by atoms with van der Waals surface area (Å²) < 4.78 is 37.6. The van der Waals surface area contributed by atoms with Crippen molar-refractivity contribution < 1.29 is 13.2 Å². The lowest BCUT2D eigenvalue weighted by atomic mass is 10.1. The average Bonchev–Trinajstić information content (AvgIpc) is 2.35. The quantitative estimate of drug-likeness (QED) is 0.861. The van der Waals surface area contributed by atoms with Crippen molar-refractivity contribution in [2.24, 2.45) is 11.8 Å². The van der Waals surface area contributed by atoms with Crippen LogP contribution in [0.4, 0.5) is 18.9 Å². The van der Waals surface area contributed by atoms with Crippen LogP contribution in [0.5, 0.6) is 0 Å². The first kappa shape index (κ1) is 15.1. The van der Waals surface area contributed by atoms with Crippen molar-refractivity contribution in [3.63, 3.8) is 0 Å². The van der Waals surface area contributed by atoms with Crippen molar-refractivity contribution in [1.29, 1.82) is 0 Å². The molecule has 1 saturated heterocycles. The van der Waals surface area contributed by atoms with Crippen LogP contribution in [-0.2, 0) is 6.18 Å². The van der Waals surface area contributed by atoms with Crippen LogP contribution in [0.15, 0.2) is 18.3 Å². The van der Waals surface area contributed by atoms with Gasteiger partial charge >= 0.3 is 6.18 Å². The van der Waals surface area contributed by atoms with Crippen molar-refractivity contribution in [2.75, 3.05) is 31.1 Å². The van der Waals surface area contributed by atoms with Gasteiger partial charge in [-0.2, -0.15) is 13.2 Å². The summed E-state index contributed by atoms with van der Waals surface area (Å²) in [7, 11) is 0. The highest BCUT2D eigenvalue weighted by Gasteiger charge is 2.32. The van der Waals surface area contributed by atoms with Crippen LogP contribution >= 0.6 is 0 Å². The van der Waals surface area contributed by atoms with E-state index in [1.807, 2.05) is 0 Å². The van der Waals surface area contributed by atoms with E-state index in [9.17, 15) is 13.2 Å². The third-order valence-electron chi connectivity index (χ3n) is 3.45. The Balaban J connectivity index is 2.15. The number of hydrogen-bond donors (Lipinski definition) is 1. The van der Waals surface area contributed by atoms with Gasteiger partial charge in [-0.25, -0.2) is 4.98 Å². The first-order valence-corrected chi connectivity index (χ1v) is 6.85. The molecule has 1 N–H and O–H groups in total. The first-order valence-electron chi connectivity index (χ1n) is 6.85. The van der Waals surface area contributed by atoms with Gasteiger partial charge in [-0.05, 0) is 37.1 Å². The smallest absolute Gasteiger partial charge is 0.370 e. The molecule has 1 fully saturated rings. The van der Waals surface area contributed by atoms with Gasteiger partial charge in [0.15, 0.2) is 0 Å². The standard InChI is InChI=1S/C14H20F3N3/c1-10-5-18-6-11(2)9-20(8-10)12-3-4-13(19-7-12)14(15,16)17/h3-4,7,10-11,18H,5-6,8-9H2,1-2H3. The lowest BCUT2D eigenvalue weighted by Crippen LogP contribution is -2.42. The van der Waals surface area contributed by atoms with Gasteiger partial charge in [0, 0.05) is 13.1 Å². The highest BCUT2D eigenvalue weighted by molar-refractivity contribution is 5.45. The number of aromatic nitrogens is 1. The Labute approximate surface area is 117 Å². The molecule has 0 amide bonds. The summed E-state index contributed by atoms with van der Waals surface area (Å²) in [5.41, 5.74) is -0.0744. The maximum absolute atomic E-state index is 12.5. The number of pyridine rings is 1. The van der Waals surface area contributed by atoms with E-state index >= 15 is 0 Å². The second-order valence-corrected chi connectivity index (χ2v) is 5.67. The van der Waals surface area contributed by atoms with E-state index in [4.69, 9.17) is 0 Å². The van der Waals surface area contributed by atoms with Crippen molar-refractivity contribution in [3.05, 3.63) is 24.0 Å². The second-order valence-electron chi connectivity index (χ2n) is 5.67. The predicted octanol–water partition coefficient (Wildman–Crippen LogP) is 2.78. The zero-order valence-corrected chi connectivity index (χ0v) is 11.7. The van der Waals surface area contributed by atoms with E-state index in [1.54, 1.807) is 0 Å². The lowest BCUT2D eigenvalue weighted by Gasteiger charge is -2.33. The van der Waals surface area contributed by atoms with Crippen LogP contribution in [0.2, 0.25) is 0 Å². The average molecular weight is 287 g/mol. The molecule has 2 atom stereocenters. The molecule has 2 rings (SSSR count). The second kappa shape index (κ2) is 5.99. The fourth-order valence-corrected chi connectivity index (χ4v) is 2.48. The Morgan fingerprint density at radius 2 is 1.75 bits per heavy atom. The summed E-state index contributed by atoms with van der Waals surface area (Å²) in [5, 5.41) is 3.40. The molecule has 1 aromatic rings. The van der Waals surface area contributed by atoms with Gasteiger partial charge < -0.3 is 10.2 Å². The molecular formula is C14H20F3N3. The maximum atomic E-state index is 12.5. The van der Waals surface area contributed by atoms with Gasteiger partial charge in [-0.3, -0.25) is 0 Å². The molecule has 0 bridgehead atoms. The van der Waals surface area contributed by atoms with Crippen LogP contribution in [0.25, 0.3) is 0 Å². The van der Waals surface area contributed by atoms with Gasteiger partial charge in [-0.15, -0.1) is 0 Å². The lowest BCUT2D eigenvalue weighted by molar-refractivity contribution is -0.141. The van der Waals surface area contributed by atoms with E-state index in [0.717, 1.165) is 37.9 Å². The SMILES string of the molecule is CC1CNCC(C)CN(c2ccc(C(F)(F)F)nc2)C1. The summed E-state index contributed by atoms with van der Waals surface area (Å²) in [6, 6.07) is 2.58. The summed E-state index contributed by atoms with van der Waals surface area (Å²) in [6.45, 7) is 7.76. The zero-order valence-electron chi connectivity index (χ0n) is 11.7. The molecule has 0 spiro atoms. The van der Waals surface area contributed by atoms with Gasteiger partial charge in [0.2, 0.25) is 0 Å². The molecule has 2 heterocycles. The third kappa shape index (κ3) is 3.85. The molecule has 2 unspecified atom stereocenters. The highest BCUT2D eigenvalue weighted by atomic mass is 19.4. The molecule has 3 nitrogen and oxygen atoms in total. The van der Waals surface area contributed by atoms with Crippen molar-refractivity contribution >= 4 is 5.69 Å². The normalized spacial score (nSPS) is 25.1. The minimum atomic E-state index is -4.38. The fourth-order valence-electron chi connectivity index (χ4n) is 2.48. The van der Waals surface area contributed by atoms with Gasteiger partial charge in [0.05, 0.1) is 11.9 Å². The number of alkyl halides is 3. The topological polar surface area (TPSA) is 28.2 Å². The largest absolute Gasteiger partial charge is 0.433 e. The van der Waals surface area contributed by atoms with E-state index < -0.39 is 11.9 Å². The van der Waals surface area contributed by atoms with Gasteiger partial charge in [0.1, 0.15) is 5.69 Å². The zero-order chi connectivity index (χ0) is 14.8. The molecule has 20 heavy (non-hydrogen) atoms. The van der Waals surface area contributed by atoms with Gasteiger partial charge in [0.25, 0.3) is 0 Å². The molecule has 0 saturated carbocycles. The van der Waals surface area contributed by atoms with E-state index in [-0.39, 0.29) is 0 Å². The number of nitrogens with zero attached hydrogens (tertiary/aromatic N) is 2. The molecule has 0 aromatic carbocycles. The minimum absolute atomic E-state index is 0.449. The molecule has 6 heteroatoms. The van der Waals surface area contributed by atoms with Crippen molar-refractivity contribution in [3.8, 4) is 0 Å². The predicted molar refractivity (Wildman–Crippen MR) is 72.6 cm³/mol. The van der Waals surface area contributed by atoms with E-state index in [1.165, 1.54) is 12.3 Å². The molecule has 1 aliphatic rings. The van der Waals surface area contributed by atoms with Crippen LogP contribution in [0, 0.1) is 11.8 Å². The summed E-state index contributed by atoms with van der Waals surface area (Å²) in [4.78, 5) is 5.68. The van der Waals surface area contributed by atoms with Crippen LogP contribution in [-0.4, -0.2) is 31.2 Å². The van der Waals surface area contributed by atoms with E-state index in [2.05, 4.69) is 29.0 Å². The van der Waals surface area contributed by atoms with Crippen molar-refractivity contribution in [2.45, 2.75) is 20.0 Å². The van der Waals surface area contributed by atoms with Crippen LogP contribution in [0.3, 0.4) is 0 Å². The third-order valence-corrected chi connectivity index (χ3v) is 3.45. The first-order chi connectivity index (χ1) is 9.36. The van der Waals surface area contributed by atoms with E-state index in [0.29, 0.717) is 11.8 Å². The van der Waals surface area contributed by atoms with Crippen LogP contribution in [0.1, 0.15) is 19.5 Å². The Bertz CT molecular complexity index is 418.